The maximum Gasteiger partial charge on any atom is 0.0145 e. The van der Waals surface area contributed by atoms with Crippen LogP contribution in [-0.2, 0) is 0 Å². The predicted molar refractivity (Wildman–Crippen MR) is 62.8 cm³/mol. The minimum Gasteiger partial charge on any atom is -0.316 e. The third-order valence-corrected chi connectivity index (χ3v) is 4.49. The predicted octanol–water partition coefficient (Wildman–Crippen LogP) is 1.71. The van der Waals surface area contributed by atoms with Crippen molar-refractivity contribution < 1.29 is 0 Å². The van der Waals surface area contributed by atoms with Gasteiger partial charge in [0.2, 0.25) is 0 Å². The minimum absolute atomic E-state index is 0.857. The molecular weight excluding hydrogens is 184 g/mol. The van der Waals surface area contributed by atoms with Crippen molar-refractivity contribution in [3.8, 4) is 0 Å². The average Bonchev–Trinajstić information content (AvgIpc) is 2.82. The molecule has 0 spiro atoms. The van der Waals surface area contributed by atoms with Crippen LogP contribution in [0.25, 0.3) is 0 Å². The van der Waals surface area contributed by atoms with Crippen LogP contribution < -0.4 is 5.32 Å². The van der Waals surface area contributed by atoms with E-state index >= 15 is 0 Å². The van der Waals surface area contributed by atoms with E-state index in [2.05, 4.69) is 24.1 Å². The summed E-state index contributed by atoms with van der Waals surface area (Å²) in [5, 5.41) is 3.58. The van der Waals surface area contributed by atoms with Crippen LogP contribution in [0.1, 0.15) is 33.1 Å². The topological polar surface area (TPSA) is 15.3 Å². The summed E-state index contributed by atoms with van der Waals surface area (Å²) in [4.78, 5) is 2.86. The molecular formula is C13H24N2. The fourth-order valence-corrected chi connectivity index (χ4v) is 3.67. The summed E-state index contributed by atoms with van der Waals surface area (Å²) >= 11 is 0. The summed E-state index contributed by atoms with van der Waals surface area (Å²) in [6, 6.07) is 1.87. The second-order valence-electron chi connectivity index (χ2n) is 6.21. The van der Waals surface area contributed by atoms with Gasteiger partial charge in [-0.3, -0.25) is 4.90 Å². The number of nitrogens with one attached hydrogen (secondary N) is 1. The maximum absolute atomic E-state index is 3.58. The van der Waals surface area contributed by atoms with Gasteiger partial charge in [0, 0.05) is 18.6 Å². The Bertz CT molecular complexity index is 235. The summed E-state index contributed by atoms with van der Waals surface area (Å²) in [5.41, 5.74) is 0. The van der Waals surface area contributed by atoms with E-state index < -0.39 is 0 Å². The number of fused-ring (bicyclic) bond motifs is 1. The number of hydrogen-bond donors (Lipinski definition) is 1. The summed E-state index contributed by atoms with van der Waals surface area (Å²) in [6.07, 6.45) is 4.36. The summed E-state index contributed by atoms with van der Waals surface area (Å²) in [6.45, 7) is 8.70. The van der Waals surface area contributed by atoms with Gasteiger partial charge in [0.15, 0.2) is 0 Å². The molecule has 0 aromatic heterocycles. The van der Waals surface area contributed by atoms with Crippen LogP contribution in [0.15, 0.2) is 0 Å². The summed E-state index contributed by atoms with van der Waals surface area (Å²) in [7, 11) is 0. The Morgan fingerprint density at radius 3 is 2.73 bits per heavy atom. The Morgan fingerprint density at radius 2 is 2.07 bits per heavy atom. The molecule has 3 atom stereocenters. The van der Waals surface area contributed by atoms with Gasteiger partial charge in [-0.25, -0.2) is 0 Å². The van der Waals surface area contributed by atoms with E-state index in [4.69, 9.17) is 0 Å². The van der Waals surface area contributed by atoms with Crippen LogP contribution in [0.4, 0.5) is 0 Å². The van der Waals surface area contributed by atoms with Gasteiger partial charge in [-0.05, 0) is 50.1 Å². The molecule has 0 aromatic carbocycles. The van der Waals surface area contributed by atoms with Crippen molar-refractivity contribution >= 4 is 0 Å². The average molecular weight is 208 g/mol. The molecule has 0 amide bonds. The molecule has 1 aliphatic carbocycles. The van der Waals surface area contributed by atoms with E-state index in [1.807, 2.05) is 0 Å². The molecule has 3 unspecified atom stereocenters. The van der Waals surface area contributed by atoms with Crippen molar-refractivity contribution in [2.75, 3.05) is 19.6 Å². The SMILES string of the molecule is CC(C)CC1C2CNCC2CN1C1CC1. The van der Waals surface area contributed by atoms with Gasteiger partial charge in [0.05, 0.1) is 0 Å². The molecule has 0 aromatic rings. The van der Waals surface area contributed by atoms with Gasteiger partial charge >= 0.3 is 0 Å². The van der Waals surface area contributed by atoms with Crippen molar-refractivity contribution in [1.29, 1.82) is 0 Å². The number of likely N-dealkylation sites (tertiary alicyclic amines) is 1. The van der Waals surface area contributed by atoms with Gasteiger partial charge in [-0.15, -0.1) is 0 Å². The van der Waals surface area contributed by atoms with Crippen molar-refractivity contribution in [2.45, 2.75) is 45.2 Å². The fourth-order valence-electron chi connectivity index (χ4n) is 3.67. The molecule has 2 nitrogen and oxygen atoms in total. The summed E-state index contributed by atoms with van der Waals surface area (Å²) < 4.78 is 0. The molecule has 3 aliphatic rings. The zero-order valence-corrected chi connectivity index (χ0v) is 10.1. The second-order valence-corrected chi connectivity index (χ2v) is 6.21. The lowest BCUT2D eigenvalue weighted by atomic mass is 9.89. The van der Waals surface area contributed by atoms with Gasteiger partial charge < -0.3 is 5.32 Å². The van der Waals surface area contributed by atoms with Crippen LogP contribution in [0.2, 0.25) is 0 Å². The van der Waals surface area contributed by atoms with Crippen LogP contribution in [0.3, 0.4) is 0 Å². The highest BCUT2D eigenvalue weighted by molar-refractivity contribution is 5.03. The van der Waals surface area contributed by atoms with Gasteiger partial charge in [-0.2, -0.15) is 0 Å². The molecule has 3 fully saturated rings. The first-order valence-electron chi connectivity index (χ1n) is 6.72. The molecule has 15 heavy (non-hydrogen) atoms. The lowest BCUT2D eigenvalue weighted by molar-refractivity contribution is 0.188. The normalized spacial score (nSPS) is 41.4. The number of nitrogens with zero attached hydrogens (tertiary/aromatic N) is 1. The third-order valence-electron chi connectivity index (χ3n) is 4.49. The van der Waals surface area contributed by atoms with Crippen molar-refractivity contribution in [3.05, 3.63) is 0 Å². The van der Waals surface area contributed by atoms with E-state index in [-0.39, 0.29) is 0 Å². The molecule has 3 rings (SSSR count). The second kappa shape index (κ2) is 3.74. The Kier molecular flexibility index (Phi) is 2.52. The third kappa shape index (κ3) is 1.83. The first-order chi connectivity index (χ1) is 7.25. The zero-order valence-electron chi connectivity index (χ0n) is 10.1. The van der Waals surface area contributed by atoms with Crippen molar-refractivity contribution in [1.82, 2.24) is 10.2 Å². The number of hydrogen-bond acceptors (Lipinski definition) is 2. The van der Waals surface area contributed by atoms with Crippen LogP contribution in [0.5, 0.6) is 0 Å². The van der Waals surface area contributed by atoms with E-state index in [1.54, 1.807) is 0 Å². The van der Waals surface area contributed by atoms with Gasteiger partial charge in [0.1, 0.15) is 0 Å². The minimum atomic E-state index is 0.857. The largest absolute Gasteiger partial charge is 0.316 e. The van der Waals surface area contributed by atoms with Crippen LogP contribution in [0, 0.1) is 17.8 Å². The van der Waals surface area contributed by atoms with Crippen LogP contribution in [-0.4, -0.2) is 36.6 Å². The van der Waals surface area contributed by atoms with Crippen molar-refractivity contribution in [2.24, 2.45) is 17.8 Å². The summed E-state index contributed by atoms with van der Waals surface area (Å²) in [5.74, 6) is 2.79. The smallest absolute Gasteiger partial charge is 0.0145 e. The molecule has 2 heteroatoms. The highest BCUT2D eigenvalue weighted by atomic mass is 15.3. The standard InChI is InChI=1S/C13H24N2/c1-9(2)5-13-12-7-14-6-10(12)8-15(13)11-3-4-11/h9-14H,3-8H2,1-2H3. The number of rotatable bonds is 3. The monoisotopic (exact) mass is 208 g/mol. The van der Waals surface area contributed by atoms with Gasteiger partial charge in [-0.1, -0.05) is 13.8 Å². The molecule has 1 N–H and O–H groups in total. The Labute approximate surface area is 93.4 Å². The Balaban J connectivity index is 1.72. The van der Waals surface area contributed by atoms with E-state index in [0.29, 0.717) is 0 Å². The zero-order chi connectivity index (χ0) is 10.4. The molecule has 2 saturated heterocycles. The van der Waals surface area contributed by atoms with E-state index in [9.17, 15) is 0 Å². The highest BCUT2D eigenvalue weighted by Crippen LogP contribution is 2.42. The Morgan fingerprint density at radius 1 is 1.27 bits per heavy atom. The lowest BCUT2D eigenvalue weighted by Crippen LogP contribution is -2.38. The van der Waals surface area contributed by atoms with Crippen LogP contribution >= 0.6 is 0 Å². The van der Waals surface area contributed by atoms with Gasteiger partial charge in [0.25, 0.3) is 0 Å². The van der Waals surface area contributed by atoms with E-state index in [1.165, 1.54) is 38.9 Å². The lowest BCUT2D eigenvalue weighted by Gasteiger charge is -2.29. The molecule has 0 radical (unpaired) electrons. The first kappa shape index (κ1) is 10.1. The Hall–Kier alpha value is -0.0800. The quantitative estimate of drug-likeness (QED) is 0.759. The molecule has 86 valence electrons. The highest BCUT2D eigenvalue weighted by Gasteiger charge is 2.48. The fraction of sp³-hybridized carbons (Fsp3) is 1.00. The molecule has 2 heterocycles. The maximum atomic E-state index is 3.58. The van der Waals surface area contributed by atoms with Crippen molar-refractivity contribution in [3.63, 3.8) is 0 Å². The van der Waals surface area contributed by atoms with E-state index in [0.717, 1.165) is 29.8 Å². The first-order valence-corrected chi connectivity index (χ1v) is 6.72. The molecule has 1 saturated carbocycles. The molecule has 0 bridgehead atoms. The molecule has 2 aliphatic heterocycles.